The average Bonchev–Trinajstić information content (AvgIpc) is 2.08. The van der Waals surface area contributed by atoms with Crippen molar-refractivity contribution >= 4 is 0 Å². The van der Waals surface area contributed by atoms with E-state index in [-0.39, 0.29) is 11.5 Å². The van der Waals surface area contributed by atoms with Crippen molar-refractivity contribution in [3.05, 3.63) is 33.7 Å². The van der Waals surface area contributed by atoms with E-state index in [9.17, 15) is 13.6 Å². The SMILES string of the molecule is CC(C)c1cn(C)c(=O)cc1C(F)F. The first-order chi connectivity index (χ1) is 6.43. The second-order valence-electron chi connectivity index (χ2n) is 3.59. The van der Waals surface area contributed by atoms with Crippen molar-refractivity contribution in [1.29, 1.82) is 0 Å². The van der Waals surface area contributed by atoms with Gasteiger partial charge in [-0.2, -0.15) is 0 Å². The van der Waals surface area contributed by atoms with E-state index in [4.69, 9.17) is 0 Å². The van der Waals surface area contributed by atoms with Gasteiger partial charge in [0, 0.05) is 24.9 Å². The molecule has 0 fully saturated rings. The van der Waals surface area contributed by atoms with Crippen LogP contribution in [0.1, 0.15) is 37.3 Å². The molecule has 0 N–H and O–H groups in total. The van der Waals surface area contributed by atoms with Crippen molar-refractivity contribution < 1.29 is 8.78 Å². The lowest BCUT2D eigenvalue weighted by Crippen LogP contribution is -2.18. The summed E-state index contributed by atoms with van der Waals surface area (Å²) in [6, 6.07) is 1.01. The first-order valence-corrected chi connectivity index (χ1v) is 4.42. The summed E-state index contributed by atoms with van der Waals surface area (Å²) in [5.41, 5.74) is -0.0186. The van der Waals surface area contributed by atoms with Crippen LogP contribution in [0.3, 0.4) is 0 Å². The fraction of sp³-hybridized carbons (Fsp3) is 0.500. The van der Waals surface area contributed by atoms with Crippen LogP contribution in [0.5, 0.6) is 0 Å². The van der Waals surface area contributed by atoms with Crippen LogP contribution in [0.2, 0.25) is 0 Å². The van der Waals surface area contributed by atoms with Crippen LogP contribution < -0.4 is 5.56 Å². The van der Waals surface area contributed by atoms with Crippen molar-refractivity contribution in [2.75, 3.05) is 0 Å². The molecular weight excluding hydrogens is 188 g/mol. The molecule has 0 aliphatic carbocycles. The summed E-state index contributed by atoms with van der Waals surface area (Å²) in [4.78, 5) is 11.1. The first kappa shape index (κ1) is 10.9. The summed E-state index contributed by atoms with van der Waals surface area (Å²) >= 11 is 0. The van der Waals surface area contributed by atoms with Gasteiger partial charge in [0.1, 0.15) is 0 Å². The highest BCUT2D eigenvalue weighted by Gasteiger charge is 2.16. The summed E-state index contributed by atoms with van der Waals surface area (Å²) in [5, 5.41) is 0. The van der Waals surface area contributed by atoms with E-state index < -0.39 is 12.0 Å². The molecular formula is C10H13F2NO. The molecule has 0 saturated heterocycles. The molecule has 1 heterocycles. The Morgan fingerprint density at radius 3 is 2.29 bits per heavy atom. The van der Waals surface area contributed by atoms with Gasteiger partial charge >= 0.3 is 0 Å². The molecule has 0 aliphatic heterocycles. The van der Waals surface area contributed by atoms with E-state index in [1.165, 1.54) is 10.8 Å². The first-order valence-electron chi connectivity index (χ1n) is 4.42. The maximum absolute atomic E-state index is 12.6. The van der Waals surface area contributed by atoms with Gasteiger partial charge in [-0.05, 0) is 11.5 Å². The summed E-state index contributed by atoms with van der Waals surface area (Å²) in [6.07, 6.45) is -1.10. The van der Waals surface area contributed by atoms with Crippen molar-refractivity contribution in [1.82, 2.24) is 4.57 Å². The number of aromatic nitrogens is 1. The molecule has 1 rings (SSSR count). The average molecular weight is 201 g/mol. The van der Waals surface area contributed by atoms with Crippen LogP contribution in [0.15, 0.2) is 17.1 Å². The number of aryl methyl sites for hydroxylation is 1. The number of halogens is 2. The van der Waals surface area contributed by atoms with E-state index in [0.29, 0.717) is 5.56 Å². The minimum atomic E-state index is -2.58. The summed E-state index contributed by atoms with van der Waals surface area (Å²) < 4.78 is 26.4. The Kier molecular flexibility index (Phi) is 3.03. The fourth-order valence-corrected chi connectivity index (χ4v) is 1.34. The minimum Gasteiger partial charge on any atom is -0.318 e. The maximum atomic E-state index is 12.6. The molecule has 0 bridgehead atoms. The summed E-state index contributed by atoms with van der Waals surface area (Å²) in [7, 11) is 1.56. The molecule has 14 heavy (non-hydrogen) atoms. The minimum absolute atomic E-state index is 0.00852. The molecule has 0 amide bonds. The van der Waals surface area contributed by atoms with E-state index in [2.05, 4.69) is 0 Å². The van der Waals surface area contributed by atoms with Gasteiger partial charge in [-0.25, -0.2) is 8.78 Å². The van der Waals surface area contributed by atoms with Crippen LogP contribution in [0.4, 0.5) is 8.78 Å². The van der Waals surface area contributed by atoms with Gasteiger partial charge in [0.2, 0.25) is 0 Å². The van der Waals surface area contributed by atoms with E-state index in [1.807, 2.05) is 13.8 Å². The third kappa shape index (κ3) is 2.00. The monoisotopic (exact) mass is 201 g/mol. The molecule has 0 saturated carbocycles. The molecule has 1 aromatic rings. The Balaban J connectivity index is 3.39. The molecule has 78 valence electrons. The largest absolute Gasteiger partial charge is 0.318 e. The van der Waals surface area contributed by atoms with Gasteiger partial charge in [0.25, 0.3) is 12.0 Å². The van der Waals surface area contributed by atoms with E-state index in [0.717, 1.165) is 6.07 Å². The van der Waals surface area contributed by atoms with E-state index in [1.54, 1.807) is 7.05 Å². The zero-order valence-corrected chi connectivity index (χ0v) is 8.42. The van der Waals surface area contributed by atoms with Crippen LogP contribution in [-0.4, -0.2) is 4.57 Å². The standard InChI is InChI=1S/C10H13F2NO/c1-6(2)8-5-13(3)9(14)4-7(8)10(11)12/h4-6,10H,1-3H3. The van der Waals surface area contributed by atoms with Crippen LogP contribution in [-0.2, 0) is 7.05 Å². The highest BCUT2D eigenvalue weighted by molar-refractivity contribution is 5.27. The Labute approximate surface area is 81.2 Å². The number of alkyl halides is 2. The molecule has 0 aliphatic rings. The Morgan fingerprint density at radius 2 is 1.86 bits per heavy atom. The third-order valence-electron chi connectivity index (χ3n) is 2.15. The smallest absolute Gasteiger partial charge is 0.264 e. The molecule has 0 radical (unpaired) electrons. The van der Waals surface area contributed by atoms with Gasteiger partial charge in [0.05, 0.1) is 0 Å². The maximum Gasteiger partial charge on any atom is 0.264 e. The highest BCUT2D eigenvalue weighted by atomic mass is 19.3. The summed E-state index contributed by atoms with van der Waals surface area (Å²) in [5.74, 6) is -0.00852. The topological polar surface area (TPSA) is 22.0 Å². The zero-order valence-electron chi connectivity index (χ0n) is 8.42. The van der Waals surface area contributed by atoms with Gasteiger partial charge in [0.15, 0.2) is 0 Å². The van der Waals surface area contributed by atoms with Crippen LogP contribution in [0.25, 0.3) is 0 Å². The van der Waals surface area contributed by atoms with Gasteiger partial charge in [-0.1, -0.05) is 13.8 Å². The molecule has 2 nitrogen and oxygen atoms in total. The number of hydrogen-bond donors (Lipinski definition) is 0. The molecule has 0 spiro atoms. The Bertz CT molecular complexity index is 382. The normalized spacial score (nSPS) is 11.4. The van der Waals surface area contributed by atoms with Crippen molar-refractivity contribution in [3.8, 4) is 0 Å². The summed E-state index contributed by atoms with van der Waals surface area (Å²) in [6.45, 7) is 3.65. The number of hydrogen-bond acceptors (Lipinski definition) is 1. The molecule has 0 aromatic carbocycles. The van der Waals surface area contributed by atoms with Crippen molar-refractivity contribution in [2.24, 2.45) is 7.05 Å². The second kappa shape index (κ2) is 3.90. The number of rotatable bonds is 2. The number of pyridine rings is 1. The predicted molar refractivity (Wildman–Crippen MR) is 50.7 cm³/mol. The third-order valence-corrected chi connectivity index (χ3v) is 2.15. The Hall–Kier alpha value is -1.19. The molecule has 1 aromatic heterocycles. The lowest BCUT2D eigenvalue weighted by atomic mass is 10.00. The van der Waals surface area contributed by atoms with E-state index >= 15 is 0 Å². The van der Waals surface area contributed by atoms with Gasteiger partial charge in [-0.15, -0.1) is 0 Å². The van der Waals surface area contributed by atoms with Crippen molar-refractivity contribution in [3.63, 3.8) is 0 Å². The molecule has 4 heteroatoms. The highest BCUT2D eigenvalue weighted by Crippen LogP contribution is 2.26. The quantitative estimate of drug-likeness (QED) is 0.720. The van der Waals surface area contributed by atoms with Crippen molar-refractivity contribution in [2.45, 2.75) is 26.2 Å². The van der Waals surface area contributed by atoms with Crippen LogP contribution in [0, 0.1) is 0 Å². The fourth-order valence-electron chi connectivity index (χ4n) is 1.34. The second-order valence-corrected chi connectivity index (χ2v) is 3.59. The van der Waals surface area contributed by atoms with Gasteiger partial charge in [-0.3, -0.25) is 4.79 Å². The zero-order chi connectivity index (χ0) is 10.9. The van der Waals surface area contributed by atoms with Crippen LogP contribution >= 0.6 is 0 Å². The lowest BCUT2D eigenvalue weighted by Gasteiger charge is -2.12. The Morgan fingerprint density at radius 1 is 1.29 bits per heavy atom. The molecule has 0 unspecified atom stereocenters. The predicted octanol–water partition coefficient (Wildman–Crippen LogP) is 2.45. The molecule has 0 atom stereocenters. The lowest BCUT2D eigenvalue weighted by molar-refractivity contribution is 0.149. The van der Waals surface area contributed by atoms with Gasteiger partial charge < -0.3 is 4.57 Å². The number of nitrogens with zero attached hydrogens (tertiary/aromatic N) is 1.